The molecule has 1 amide bonds. The molecule has 0 aliphatic heterocycles. The summed E-state index contributed by atoms with van der Waals surface area (Å²) in [5, 5.41) is 3.01. The van der Waals surface area contributed by atoms with Crippen LogP contribution in [0.3, 0.4) is 0 Å². The van der Waals surface area contributed by atoms with Gasteiger partial charge in [-0.25, -0.2) is 0 Å². The third-order valence-corrected chi connectivity index (χ3v) is 3.75. The predicted octanol–water partition coefficient (Wildman–Crippen LogP) is 2.24. The number of ether oxygens (including phenoxy) is 2. The number of rotatable bonds is 8. The molecule has 22 heavy (non-hydrogen) atoms. The van der Waals surface area contributed by atoms with Gasteiger partial charge in [-0.05, 0) is 31.0 Å². The van der Waals surface area contributed by atoms with Gasteiger partial charge >= 0.3 is 0 Å². The fraction of sp³-hybridized carbons (Fsp3) is 0.562. The largest absolute Gasteiger partial charge is 0.491 e. The lowest BCUT2D eigenvalue weighted by atomic mass is 9.88. The Kier molecular flexibility index (Phi) is 9.09. The van der Waals surface area contributed by atoms with Crippen molar-refractivity contribution in [3.8, 4) is 5.75 Å². The van der Waals surface area contributed by atoms with Crippen LogP contribution in [0.1, 0.15) is 31.1 Å². The average Bonchev–Trinajstić information content (AvgIpc) is 2.47. The van der Waals surface area contributed by atoms with E-state index in [1.807, 2.05) is 26.8 Å². The van der Waals surface area contributed by atoms with Crippen LogP contribution in [0.2, 0.25) is 0 Å². The number of carbonyl (C=O) groups excluding carboxylic acids is 1. The van der Waals surface area contributed by atoms with E-state index in [1.54, 1.807) is 25.3 Å². The highest BCUT2D eigenvalue weighted by Gasteiger charge is 2.28. The molecular formula is C16H27ClN2O3. The van der Waals surface area contributed by atoms with Gasteiger partial charge in [0.25, 0.3) is 5.91 Å². The molecule has 0 saturated carbocycles. The van der Waals surface area contributed by atoms with Crippen LogP contribution >= 0.6 is 12.4 Å². The summed E-state index contributed by atoms with van der Waals surface area (Å²) >= 11 is 0. The fourth-order valence-electron chi connectivity index (χ4n) is 1.73. The van der Waals surface area contributed by atoms with Gasteiger partial charge in [0, 0.05) is 19.2 Å². The predicted molar refractivity (Wildman–Crippen MR) is 90.8 cm³/mol. The zero-order valence-electron chi connectivity index (χ0n) is 13.7. The standard InChI is InChI=1S/C16H26N2O3.ClH/c1-12(2)16(3,11-17)18-15(19)13-6-5-7-14(10-13)21-9-8-20-4;/h5-7,10,12H,8-9,11,17H2,1-4H3,(H,18,19);1H. The van der Waals surface area contributed by atoms with Gasteiger partial charge in [-0.3, -0.25) is 4.79 Å². The van der Waals surface area contributed by atoms with Crippen molar-refractivity contribution in [3.05, 3.63) is 29.8 Å². The van der Waals surface area contributed by atoms with Crippen molar-refractivity contribution in [1.82, 2.24) is 5.32 Å². The summed E-state index contributed by atoms with van der Waals surface area (Å²) in [5.41, 5.74) is 5.93. The summed E-state index contributed by atoms with van der Waals surface area (Å²) in [6, 6.07) is 7.10. The van der Waals surface area contributed by atoms with Crippen LogP contribution in [-0.2, 0) is 4.74 Å². The molecule has 0 aliphatic carbocycles. The molecule has 1 rings (SSSR count). The minimum Gasteiger partial charge on any atom is -0.491 e. The number of hydrogen-bond donors (Lipinski definition) is 2. The van der Waals surface area contributed by atoms with E-state index in [0.29, 0.717) is 31.1 Å². The smallest absolute Gasteiger partial charge is 0.251 e. The number of amides is 1. The summed E-state index contributed by atoms with van der Waals surface area (Å²) in [6.07, 6.45) is 0. The van der Waals surface area contributed by atoms with Crippen molar-refractivity contribution >= 4 is 18.3 Å². The van der Waals surface area contributed by atoms with E-state index >= 15 is 0 Å². The molecule has 0 fully saturated rings. The Morgan fingerprint density at radius 1 is 1.36 bits per heavy atom. The zero-order valence-corrected chi connectivity index (χ0v) is 14.5. The van der Waals surface area contributed by atoms with Gasteiger partial charge in [0.05, 0.1) is 12.1 Å². The SMILES string of the molecule is COCCOc1cccc(C(=O)NC(C)(CN)C(C)C)c1.Cl. The Morgan fingerprint density at radius 2 is 2.05 bits per heavy atom. The first-order valence-corrected chi connectivity index (χ1v) is 7.17. The van der Waals surface area contributed by atoms with Crippen molar-refractivity contribution in [2.75, 3.05) is 26.9 Å². The number of carbonyl (C=O) groups is 1. The zero-order chi connectivity index (χ0) is 15.9. The molecule has 0 spiro atoms. The molecule has 1 aromatic carbocycles. The molecule has 0 heterocycles. The Labute approximate surface area is 139 Å². The summed E-state index contributed by atoms with van der Waals surface area (Å²) in [4.78, 5) is 12.4. The highest BCUT2D eigenvalue weighted by molar-refractivity contribution is 5.95. The lowest BCUT2D eigenvalue weighted by Gasteiger charge is -2.33. The molecule has 0 bridgehead atoms. The monoisotopic (exact) mass is 330 g/mol. The first-order valence-electron chi connectivity index (χ1n) is 7.17. The third-order valence-electron chi connectivity index (χ3n) is 3.75. The van der Waals surface area contributed by atoms with Crippen LogP contribution in [0.15, 0.2) is 24.3 Å². The highest BCUT2D eigenvalue weighted by atomic mass is 35.5. The van der Waals surface area contributed by atoms with Gasteiger partial charge in [-0.2, -0.15) is 0 Å². The summed E-state index contributed by atoms with van der Waals surface area (Å²) in [5.74, 6) is 0.750. The van der Waals surface area contributed by atoms with Crippen molar-refractivity contribution in [2.24, 2.45) is 11.7 Å². The number of halogens is 1. The number of hydrogen-bond acceptors (Lipinski definition) is 4. The van der Waals surface area contributed by atoms with E-state index in [4.69, 9.17) is 15.2 Å². The number of benzene rings is 1. The number of methoxy groups -OCH3 is 1. The topological polar surface area (TPSA) is 73.6 Å². The lowest BCUT2D eigenvalue weighted by Crippen LogP contribution is -2.55. The summed E-state index contributed by atoms with van der Waals surface area (Å²) < 4.78 is 10.4. The summed E-state index contributed by atoms with van der Waals surface area (Å²) in [6.45, 7) is 7.38. The first-order chi connectivity index (χ1) is 9.92. The maximum atomic E-state index is 12.4. The van der Waals surface area contributed by atoms with Gasteiger partial charge in [0.15, 0.2) is 0 Å². The highest BCUT2D eigenvalue weighted by Crippen LogP contribution is 2.18. The van der Waals surface area contributed by atoms with E-state index in [9.17, 15) is 4.79 Å². The maximum Gasteiger partial charge on any atom is 0.251 e. The Hall–Kier alpha value is -1.30. The fourth-order valence-corrected chi connectivity index (χ4v) is 1.73. The number of nitrogens with one attached hydrogen (secondary N) is 1. The third kappa shape index (κ3) is 5.83. The molecule has 0 aliphatic rings. The van der Waals surface area contributed by atoms with Crippen molar-refractivity contribution < 1.29 is 14.3 Å². The molecule has 1 unspecified atom stereocenters. The molecule has 126 valence electrons. The Morgan fingerprint density at radius 3 is 2.59 bits per heavy atom. The van der Waals surface area contributed by atoms with Crippen molar-refractivity contribution in [2.45, 2.75) is 26.3 Å². The Bertz CT molecular complexity index is 468. The second kappa shape index (κ2) is 9.66. The van der Waals surface area contributed by atoms with Crippen molar-refractivity contribution in [1.29, 1.82) is 0 Å². The molecule has 6 heteroatoms. The van der Waals surface area contributed by atoms with Crippen molar-refractivity contribution in [3.63, 3.8) is 0 Å². The van der Waals surface area contributed by atoms with E-state index in [-0.39, 0.29) is 24.2 Å². The molecule has 0 aromatic heterocycles. The van der Waals surface area contributed by atoms with Crippen LogP contribution in [0.5, 0.6) is 5.75 Å². The molecular weight excluding hydrogens is 304 g/mol. The Balaban J connectivity index is 0.00000441. The molecule has 5 nitrogen and oxygen atoms in total. The van der Waals surface area contributed by atoms with Gasteiger partial charge in [0.2, 0.25) is 0 Å². The molecule has 1 atom stereocenters. The lowest BCUT2D eigenvalue weighted by molar-refractivity contribution is 0.0882. The minimum absolute atomic E-state index is 0. The summed E-state index contributed by atoms with van der Waals surface area (Å²) in [7, 11) is 1.62. The van der Waals surface area contributed by atoms with Gasteiger partial charge in [0.1, 0.15) is 12.4 Å². The quantitative estimate of drug-likeness (QED) is 0.717. The molecule has 3 N–H and O–H groups in total. The van der Waals surface area contributed by atoms with Crippen LogP contribution in [0.25, 0.3) is 0 Å². The van der Waals surface area contributed by atoms with Crippen LogP contribution in [0.4, 0.5) is 0 Å². The van der Waals surface area contributed by atoms with Crippen LogP contribution in [0, 0.1) is 5.92 Å². The van der Waals surface area contributed by atoms with E-state index in [1.165, 1.54) is 0 Å². The van der Waals surface area contributed by atoms with Gasteiger partial charge < -0.3 is 20.5 Å². The maximum absolute atomic E-state index is 12.4. The van der Waals surface area contributed by atoms with Crippen LogP contribution in [-0.4, -0.2) is 38.3 Å². The van der Waals surface area contributed by atoms with E-state index < -0.39 is 5.54 Å². The number of nitrogens with two attached hydrogens (primary N) is 1. The van der Waals surface area contributed by atoms with Gasteiger partial charge in [-0.1, -0.05) is 19.9 Å². The normalized spacial score (nSPS) is 13.2. The average molecular weight is 331 g/mol. The van der Waals surface area contributed by atoms with E-state index in [2.05, 4.69) is 5.32 Å². The van der Waals surface area contributed by atoms with Gasteiger partial charge in [-0.15, -0.1) is 12.4 Å². The second-order valence-electron chi connectivity index (χ2n) is 5.60. The molecule has 0 radical (unpaired) electrons. The first kappa shape index (κ1) is 20.7. The minimum atomic E-state index is -0.427. The van der Waals surface area contributed by atoms with Crippen LogP contribution < -0.4 is 15.8 Å². The second-order valence-corrected chi connectivity index (χ2v) is 5.60. The molecule has 1 aromatic rings. The molecule has 0 saturated heterocycles. The van der Waals surface area contributed by atoms with E-state index in [0.717, 1.165) is 0 Å².